The van der Waals surface area contributed by atoms with Crippen LogP contribution in [0.25, 0.3) is 0 Å². The lowest BCUT2D eigenvalue weighted by Gasteiger charge is -2.23. The van der Waals surface area contributed by atoms with Crippen LogP contribution in [0.15, 0.2) is 30.5 Å². The van der Waals surface area contributed by atoms with Crippen LogP contribution >= 0.6 is 0 Å². The van der Waals surface area contributed by atoms with E-state index in [2.05, 4.69) is 16.8 Å². The molecule has 21 heavy (non-hydrogen) atoms. The number of aromatic hydroxyl groups is 1. The van der Waals surface area contributed by atoms with Gasteiger partial charge in [0.25, 0.3) is 0 Å². The number of aromatic nitrogens is 2. The van der Waals surface area contributed by atoms with Crippen molar-refractivity contribution in [2.75, 3.05) is 13.1 Å². The van der Waals surface area contributed by atoms with Gasteiger partial charge < -0.3 is 14.8 Å². The lowest BCUT2D eigenvalue weighted by Crippen LogP contribution is -2.28. The molecule has 0 saturated heterocycles. The minimum Gasteiger partial charge on any atom is -0.508 e. The monoisotopic (exact) mass is 289 g/mol. The van der Waals surface area contributed by atoms with Gasteiger partial charge in [0, 0.05) is 26.3 Å². The molecule has 1 atom stereocenters. The lowest BCUT2D eigenvalue weighted by atomic mass is 10.1. The molecule has 1 unspecified atom stereocenters. The zero-order valence-electron chi connectivity index (χ0n) is 12.8. The highest BCUT2D eigenvalue weighted by atomic mass is 16.3. The Balaban J connectivity index is 2.01. The second-order valence-corrected chi connectivity index (χ2v) is 5.33. The summed E-state index contributed by atoms with van der Waals surface area (Å²) in [6.07, 6.45) is 1.39. The van der Waals surface area contributed by atoms with Gasteiger partial charge in [0.05, 0.1) is 11.8 Å². The van der Waals surface area contributed by atoms with Gasteiger partial charge in [0.2, 0.25) is 0 Å². The second kappa shape index (κ2) is 6.74. The molecular formula is C16H23N3O2. The van der Waals surface area contributed by atoms with Crippen molar-refractivity contribution in [1.82, 2.24) is 14.5 Å². The summed E-state index contributed by atoms with van der Waals surface area (Å²) < 4.78 is 1.99. The van der Waals surface area contributed by atoms with Crippen molar-refractivity contribution in [3.05, 3.63) is 47.5 Å². The van der Waals surface area contributed by atoms with E-state index in [9.17, 15) is 10.2 Å². The Labute approximate surface area is 125 Å². The molecule has 0 aliphatic rings. The van der Waals surface area contributed by atoms with Crippen molar-refractivity contribution in [3.63, 3.8) is 0 Å². The van der Waals surface area contributed by atoms with Gasteiger partial charge in [-0.15, -0.1) is 0 Å². The molecule has 1 heterocycles. The minimum absolute atomic E-state index is 0.176. The van der Waals surface area contributed by atoms with Crippen molar-refractivity contribution < 1.29 is 10.2 Å². The van der Waals surface area contributed by atoms with E-state index in [1.165, 1.54) is 0 Å². The predicted octanol–water partition coefficient (Wildman–Crippen LogP) is 1.99. The van der Waals surface area contributed by atoms with E-state index in [0.717, 1.165) is 23.6 Å². The van der Waals surface area contributed by atoms with Crippen molar-refractivity contribution in [1.29, 1.82) is 0 Å². The van der Waals surface area contributed by atoms with Crippen LogP contribution in [0.3, 0.4) is 0 Å². The number of likely N-dealkylation sites (N-methyl/N-ethyl adjacent to an activating group) is 1. The fraction of sp³-hybridized carbons (Fsp3) is 0.438. The van der Waals surface area contributed by atoms with Crippen LogP contribution in [-0.2, 0) is 13.6 Å². The van der Waals surface area contributed by atoms with Gasteiger partial charge in [-0.1, -0.05) is 19.1 Å². The second-order valence-electron chi connectivity index (χ2n) is 5.33. The average Bonchev–Trinajstić information content (AvgIpc) is 2.76. The van der Waals surface area contributed by atoms with Crippen LogP contribution in [0.5, 0.6) is 5.75 Å². The van der Waals surface area contributed by atoms with E-state index in [0.29, 0.717) is 13.1 Å². The quantitative estimate of drug-likeness (QED) is 0.854. The number of aliphatic hydroxyl groups is 1. The molecule has 0 saturated carbocycles. The first-order valence-electron chi connectivity index (χ1n) is 7.17. The topological polar surface area (TPSA) is 61.5 Å². The van der Waals surface area contributed by atoms with Crippen LogP contribution in [0.2, 0.25) is 0 Å². The number of phenolic OH excluding ortho intramolecular Hbond substituents is 1. The third-order valence-corrected chi connectivity index (χ3v) is 3.68. The number of nitrogens with zero attached hydrogens (tertiary/aromatic N) is 3. The molecule has 1 aromatic heterocycles. The maximum absolute atomic E-state index is 10.3. The van der Waals surface area contributed by atoms with E-state index < -0.39 is 6.10 Å². The Hall–Kier alpha value is -1.85. The third-order valence-electron chi connectivity index (χ3n) is 3.68. The molecule has 0 radical (unpaired) electrons. The number of aryl methyl sites for hydroxylation is 2. The van der Waals surface area contributed by atoms with E-state index >= 15 is 0 Å². The summed E-state index contributed by atoms with van der Waals surface area (Å²) in [5, 5.41) is 19.8. The summed E-state index contributed by atoms with van der Waals surface area (Å²) in [5.74, 6) is 1.16. The standard InChI is InChI=1S/C16H23N3O2/c1-4-19(10-14-9-18(3)12(2)17-14)11-16(21)13-6-5-7-15(20)8-13/h5-9,16,20-21H,4,10-11H2,1-3H3. The summed E-state index contributed by atoms with van der Waals surface area (Å²) in [4.78, 5) is 6.63. The Morgan fingerprint density at radius 2 is 2.14 bits per heavy atom. The molecule has 0 aliphatic heterocycles. The van der Waals surface area contributed by atoms with Gasteiger partial charge >= 0.3 is 0 Å². The molecule has 2 N–H and O–H groups in total. The number of benzene rings is 1. The van der Waals surface area contributed by atoms with Crippen molar-refractivity contribution >= 4 is 0 Å². The van der Waals surface area contributed by atoms with E-state index in [1.54, 1.807) is 18.2 Å². The molecule has 114 valence electrons. The van der Waals surface area contributed by atoms with E-state index in [4.69, 9.17) is 0 Å². The molecule has 2 aromatic rings. The summed E-state index contributed by atoms with van der Waals surface area (Å²) in [7, 11) is 1.98. The normalized spacial score (nSPS) is 12.8. The highest BCUT2D eigenvalue weighted by molar-refractivity contribution is 5.28. The van der Waals surface area contributed by atoms with E-state index in [-0.39, 0.29) is 5.75 Å². The van der Waals surface area contributed by atoms with Gasteiger partial charge in [-0.05, 0) is 31.2 Å². The van der Waals surface area contributed by atoms with Gasteiger partial charge in [-0.2, -0.15) is 0 Å². The summed E-state index contributed by atoms with van der Waals surface area (Å²) in [6, 6.07) is 6.77. The van der Waals surface area contributed by atoms with Gasteiger partial charge in [0.1, 0.15) is 11.6 Å². The van der Waals surface area contributed by atoms with Crippen molar-refractivity contribution in [3.8, 4) is 5.75 Å². The maximum Gasteiger partial charge on any atom is 0.115 e. The number of aliphatic hydroxyl groups excluding tert-OH is 1. The molecule has 5 heteroatoms. The lowest BCUT2D eigenvalue weighted by molar-refractivity contribution is 0.111. The molecule has 0 amide bonds. The van der Waals surface area contributed by atoms with E-state index in [1.807, 2.05) is 30.8 Å². The highest BCUT2D eigenvalue weighted by Crippen LogP contribution is 2.19. The van der Waals surface area contributed by atoms with Crippen LogP contribution < -0.4 is 0 Å². The number of phenols is 1. The molecule has 0 spiro atoms. The van der Waals surface area contributed by atoms with Crippen LogP contribution in [-0.4, -0.2) is 37.8 Å². The minimum atomic E-state index is -0.623. The SMILES string of the molecule is CCN(Cc1cn(C)c(C)n1)CC(O)c1cccc(O)c1. The Bertz CT molecular complexity index is 575. The number of hydrogen-bond donors (Lipinski definition) is 2. The molecule has 2 rings (SSSR count). The van der Waals surface area contributed by atoms with Crippen molar-refractivity contribution in [2.24, 2.45) is 7.05 Å². The average molecular weight is 289 g/mol. The summed E-state index contributed by atoms with van der Waals surface area (Å²) in [5.41, 5.74) is 1.73. The first kappa shape index (κ1) is 15.5. The zero-order chi connectivity index (χ0) is 15.4. The largest absolute Gasteiger partial charge is 0.508 e. The number of imidazole rings is 1. The number of rotatable bonds is 6. The van der Waals surface area contributed by atoms with Crippen LogP contribution in [0.4, 0.5) is 0 Å². The Morgan fingerprint density at radius 1 is 1.38 bits per heavy atom. The Kier molecular flexibility index (Phi) is 4.98. The third kappa shape index (κ3) is 4.06. The summed E-state index contributed by atoms with van der Waals surface area (Å²) >= 11 is 0. The van der Waals surface area contributed by atoms with Crippen molar-refractivity contribution in [2.45, 2.75) is 26.5 Å². The zero-order valence-corrected chi connectivity index (χ0v) is 12.8. The van der Waals surface area contributed by atoms with Gasteiger partial charge in [0.15, 0.2) is 0 Å². The smallest absolute Gasteiger partial charge is 0.115 e. The fourth-order valence-electron chi connectivity index (χ4n) is 2.33. The van der Waals surface area contributed by atoms with Gasteiger partial charge in [-0.25, -0.2) is 4.98 Å². The molecular weight excluding hydrogens is 266 g/mol. The van der Waals surface area contributed by atoms with Crippen LogP contribution in [0, 0.1) is 6.92 Å². The predicted molar refractivity (Wildman–Crippen MR) is 82.0 cm³/mol. The Morgan fingerprint density at radius 3 is 2.71 bits per heavy atom. The molecule has 0 fully saturated rings. The summed E-state index contributed by atoms with van der Waals surface area (Å²) in [6.45, 7) is 6.07. The molecule has 1 aromatic carbocycles. The molecule has 5 nitrogen and oxygen atoms in total. The maximum atomic E-state index is 10.3. The first-order chi connectivity index (χ1) is 9.99. The molecule has 0 aliphatic carbocycles. The highest BCUT2D eigenvalue weighted by Gasteiger charge is 2.14. The number of hydrogen-bond acceptors (Lipinski definition) is 4. The van der Waals surface area contributed by atoms with Crippen LogP contribution in [0.1, 0.15) is 30.1 Å². The van der Waals surface area contributed by atoms with Gasteiger partial charge in [-0.3, -0.25) is 4.90 Å². The fourth-order valence-corrected chi connectivity index (χ4v) is 2.33. The molecule has 0 bridgehead atoms. The first-order valence-corrected chi connectivity index (χ1v) is 7.17.